The standard InChI is InChI=1S/C11H11N3O3/c15-11(16)10-5-9(17-14-10)7-13-6-8-1-3-12-4-2-8/h1-5,13H,6-7H2,(H,15,16). The van der Waals surface area contributed by atoms with Crippen molar-refractivity contribution in [3.63, 3.8) is 0 Å². The van der Waals surface area contributed by atoms with Crippen LogP contribution in [0.25, 0.3) is 0 Å². The Bertz CT molecular complexity index is 496. The smallest absolute Gasteiger partial charge is 0.358 e. The van der Waals surface area contributed by atoms with Crippen LogP contribution in [0.3, 0.4) is 0 Å². The van der Waals surface area contributed by atoms with E-state index in [4.69, 9.17) is 9.63 Å². The number of hydrogen-bond acceptors (Lipinski definition) is 5. The molecule has 17 heavy (non-hydrogen) atoms. The van der Waals surface area contributed by atoms with E-state index in [9.17, 15) is 4.79 Å². The van der Waals surface area contributed by atoms with E-state index in [1.807, 2.05) is 12.1 Å². The maximum atomic E-state index is 10.6. The summed E-state index contributed by atoms with van der Waals surface area (Å²) in [5.74, 6) is -0.592. The highest BCUT2D eigenvalue weighted by Gasteiger charge is 2.09. The van der Waals surface area contributed by atoms with Crippen LogP contribution in [0.15, 0.2) is 35.1 Å². The Balaban J connectivity index is 1.84. The molecule has 2 rings (SSSR count). The molecule has 0 aliphatic heterocycles. The van der Waals surface area contributed by atoms with Gasteiger partial charge in [0.2, 0.25) is 0 Å². The number of carboxylic acids is 1. The van der Waals surface area contributed by atoms with Crippen molar-refractivity contribution in [2.75, 3.05) is 0 Å². The largest absolute Gasteiger partial charge is 0.476 e. The van der Waals surface area contributed by atoms with Gasteiger partial charge in [-0.05, 0) is 17.7 Å². The molecule has 2 aromatic rings. The molecule has 88 valence electrons. The lowest BCUT2D eigenvalue weighted by atomic mass is 10.2. The van der Waals surface area contributed by atoms with E-state index in [-0.39, 0.29) is 5.69 Å². The average molecular weight is 233 g/mol. The summed E-state index contributed by atoms with van der Waals surface area (Å²) in [4.78, 5) is 14.5. The van der Waals surface area contributed by atoms with E-state index >= 15 is 0 Å². The Hall–Kier alpha value is -2.21. The second kappa shape index (κ2) is 5.22. The summed E-state index contributed by atoms with van der Waals surface area (Å²) < 4.78 is 4.86. The van der Waals surface area contributed by atoms with E-state index in [1.165, 1.54) is 6.07 Å². The first-order valence-electron chi connectivity index (χ1n) is 5.04. The molecule has 0 unspecified atom stereocenters. The number of aromatic carboxylic acids is 1. The van der Waals surface area contributed by atoms with Gasteiger partial charge >= 0.3 is 5.97 Å². The van der Waals surface area contributed by atoms with Gasteiger partial charge in [-0.3, -0.25) is 4.98 Å². The zero-order valence-electron chi connectivity index (χ0n) is 8.96. The molecule has 0 radical (unpaired) electrons. The maximum absolute atomic E-state index is 10.6. The fourth-order valence-corrected chi connectivity index (χ4v) is 1.33. The van der Waals surface area contributed by atoms with Crippen molar-refractivity contribution < 1.29 is 14.4 Å². The minimum atomic E-state index is -1.09. The van der Waals surface area contributed by atoms with Gasteiger partial charge in [-0.1, -0.05) is 5.16 Å². The van der Waals surface area contributed by atoms with E-state index in [1.54, 1.807) is 12.4 Å². The number of rotatable bonds is 5. The fraction of sp³-hybridized carbons (Fsp3) is 0.182. The van der Waals surface area contributed by atoms with Crippen molar-refractivity contribution in [1.29, 1.82) is 0 Å². The van der Waals surface area contributed by atoms with E-state index < -0.39 is 5.97 Å². The van der Waals surface area contributed by atoms with Crippen LogP contribution >= 0.6 is 0 Å². The second-order valence-corrected chi connectivity index (χ2v) is 3.44. The number of aromatic nitrogens is 2. The summed E-state index contributed by atoms with van der Waals surface area (Å²) in [6.07, 6.45) is 3.43. The van der Waals surface area contributed by atoms with Crippen LogP contribution in [0.1, 0.15) is 21.8 Å². The third kappa shape index (κ3) is 3.12. The van der Waals surface area contributed by atoms with Gasteiger partial charge in [-0.25, -0.2) is 4.79 Å². The highest BCUT2D eigenvalue weighted by Crippen LogP contribution is 2.03. The van der Waals surface area contributed by atoms with Crippen LogP contribution in [-0.2, 0) is 13.1 Å². The van der Waals surface area contributed by atoms with Gasteiger partial charge in [0.1, 0.15) is 0 Å². The van der Waals surface area contributed by atoms with Crippen molar-refractivity contribution >= 4 is 5.97 Å². The zero-order valence-corrected chi connectivity index (χ0v) is 8.96. The summed E-state index contributed by atoms with van der Waals surface area (Å²) in [6.45, 7) is 1.09. The molecular weight excluding hydrogens is 222 g/mol. The number of nitrogens with zero attached hydrogens (tertiary/aromatic N) is 2. The van der Waals surface area contributed by atoms with Crippen molar-refractivity contribution in [3.05, 3.63) is 47.6 Å². The molecule has 6 heteroatoms. The lowest BCUT2D eigenvalue weighted by Crippen LogP contribution is -2.12. The molecule has 0 aliphatic carbocycles. The molecule has 0 saturated carbocycles. The summed E-state index contributed by atoms with van der Waals surface area (Å²) in [5, 5.41) is 15.2. The van der Waals surface area contributed by atoms with Crippen molar-refractivity contribution in [3.8, 4) is 0 Å². The normalized spacial score (nSPS) is 10.4. The molecule has 0 aromatic carbocycles. The Morgan fingerprint density at radius 3 is 2.76 bits per heavy atom. The lowest BCUT2D eigenvalue weighted by molar-refractivity contribution is 0.0685. The first kappa shape index (κ1) is 11.3. The molecule has 0 amide bonds. The van der Waals surface area contributed by atoms with Crippen molar-refractivity contribution in [2.45, 2.75) is 13.1 Å². The monoisotopic (exact) mass is 233 g/mol. The van der Waals surface area contributed by atoms with Gasteiger partial charge in [0.25, 0.3) is 0 Å². The summed E-state index contributed by atoms with van der Waals surface area (Å²) in [7, 11) is 0. The fourth-order valence-electron chi connectivity index (χ4n) is 1.33. The molecule has 0 saturated heterocycles. The van der Waals surface area contributed by atoms with E-state index in [2.05, 4.69) is 15.5 Å². The Labute approximate surface area is 97.3 Å². The molecule has 2 N–H and O–H groups in total. The summed E-state index contributed by atoms with van der Waals surface area (Å²) in [5.41, 5.74) is 1.02. The van der Waals surface area contributed by atoms with Crippen LogP contribution in [0.4, 0.5) is 0 Å². The number of hydrogen-bond donors (Lipinski definition) is 2. The third-order valence-corrected chi connectivity index (χ3v) is 2.16. The molecule has 0 atom stereocenters. The van der Waals surface area contributed by atoms with Crippen LogP contribution in [-0.4, -0.2) is 21.2 Å². The molecule has 2 aromatic heterocycles. The predicted molar refractivity (Wildman–Crippen MR) is 58.2 cm³/mol. The molecule has 2 heterocycles. The second-order valence-electron chi connectivity index (χ2n) is 3.44. The minimum absolute atomic E-state index is 0.0780. The van der Waals surface area contributed by atoms with Crippen LogP contribution < -0.4 is 5.32 Å². The van der Waals surface area contributed by atoms with Crippen molar-refractivity contribution in [2.24, 2.45) is 0 Å². The summed E-state index contributed by atoms with van der Waals surface area (Å²) in [6, 6.07) is 5.20. The minimum Gasteiger partial charge on any atom is -0.476 e. The Kier molecular flexibility index (Phi) is 3.46. The third-order valence-electron chi connectivity index (χ3n) is 2.16. The first-order chi connectivity index (χ1) is 8.25. The average Bonchev–Trinajstić information content (AvgIpc) is 2.79. The Morgan fingerprint density at radius 1 is 1.35 bits per heavy atom. The zero-order chi connectivity index (χ0) is 12.1. The Morgan fingerprint density at radius 2 is 2.12 bits per heavy atom. The summed E-state index contributed by atoms with van der Waals surface area (Å²) >= 11 is 0. The molecule has 0 bridgehead atoms. The highest BCUT2D eigenvalue weighted by molar-refractivity contribution is 5.85. The van der Waals surface area contributed by atoms with Crippen molar-refractivity contribution in [1.82, 2.24) is 15.5 Å². The lowest BCUT2D eigenvalue weighted by Gasteiger charge is -2.01. The van der Waals surface area contributed by atoms with Gasteiger partial charge < -0.3 is 14.9 Å². The number of nitrogens with one attached hydrogen (secondary N) is 1. The number of carbonyl (C=O) groups is 1. The molecule has 6 nitrogen and oxygen atoms in total. The van der Waals surface area contributed by atoms with Gasteiger partial charge in [0.05, 0.1) is 6.54 Å². The van der Waals surface area contributed by atoms with Gasteiger partial charge in [-0.2, -0.15) is 0 Å². The quantitative estimate of drug-likeness (QED) is 0.802. The van der Waals surface area contributed by atoms with Crippen LogP contribution in [0, 0.1) is 0 Å². The molecule has 0 spiro atoms. The molecular formula is C11H11N3O3. The number of carboxylic acid groups (broad SMARTS) is 1. The predicted octanol–water partition coefficient (Wildman–Crippen LogP) is 1.06. The van der Waals surface area contributed by atoms with E-state index in [0.29, 0.717) is 18.8 Å². The van der Waals surface area contributed by atoms with Crippen LogP contribution in [0.5, 0.6) is 0 Å². The van der Waals surface area contributed by atoms with E-state index in [0.717, 1.165) is 5.56 Å². The van der Waals surface area contributed by atoms with Gasteiger partial charge in [-0.15, -0.1) is 0 Å². The topological polar surface area (TPSA) is 88.2 Å². The van der Waals surface area contributed by atoms with Crippen LogP contribution in [0.2, 0.25) is 0 Å². The molecule has 0 fully saturated rings. The van der Waals surface area contributed by atoms with Gasteiger partial charge in [0, 0.05) is 25.0 Å². The maximum Gasteiger partial charge on any atom is 0.358 e. The molecule has 0 aliphatic rings. The number of pyridine rings is 1. The van der Waals surface area contributed by atoms with Gasteiger partial charge in [0.15, 0.2) is 11.5 Å². The highest BCUT2D eigenvalue weighted by atomic mass is 16.5. The SMILES string of the molecule is O=C(O)c1cc(CNCc2ccncc2)on1. The first-order valence-corrected chi connectivity index (χ1v) is 5.04.